The fraction of sp³-hybridized carbons (Fsp3) is 0.538. The predicted molar refractivity (Wildman–Crippen MR) is 67.3 cm³/mol. The van der Waals surface area contributed by atoms with Crippen LogP contribution in [0.5, 0.6) is 0 Å². The average Bonchev–Trinajstić information content (AvgIpc) is 2.26. The van der Waals surface area contributed by atoms with E-state index in [-0.39, 0.29) is 0 Å². The van der Waals surface area contributed by atoms with Gasteiger partial charge in [0.1, 0.15) is 0 Å². The van der Waals surface area contributed by atoms with Gasteiger partial charge >= 0.3 is 0 Å². The molecular weight excluding hydrogens is 203 g/mol. The number of rotatable bonds is 2. The fourth-order valence-corrected chi connectivity index (χ4v) is 3.60. The lowest BCUT2D eigenvalue weighted by atomic mass is 9.90. The van der Waals surface area contributed by atoms with E-state index < -0.39 is 8.15 Å². The largest absolute Gasteiger partial charge is 0.358 e. The number of benzene rings is 1. The van der Waals surface area contributed by atoms with Gasteiger partial charge in [-0.05, 0) is 56.5 Å². The number of hydrogen-bond donors (Lipinski definition) is 0. The Morgan fingerprint density at radius 1 is 1.20 bits per heavy atom. The molecule has 1 nitrogen and oxygen atoms in total. The van der Waals surface area contributed by atoms with Gasteiger partial charge in [-0.1, -0.05) is 11.6 Å². The van der Waals surface area contributed by atoms with Crippen LogP contribution in [0.15, 0.2) is 12.1 Å². The van der Waals surface area contributed by atoms with Crippen LogP contribution in [0, 0.1) is 6.92 Å². The molecule has 0 aliphatic heterocycles. The molecule has 0 saturated carbocycles. The lowest BCUT2D eigenvalue weighted by Crippen LogP contribution is -2.16. The van der Waals surface area contributed by atoms with Gasteiger partial charge in [0.25, 0.3) is 0 Å². The summed E-state index contributed by atoms with van der Waals surface area (Å²) >= 11 is 0. The van der Waals surface area contributed by atoms with Crippen LogP contribution in [0.4, 0.5) is 0 Å². The van der Waals surface area contributed by atoms with Crippen LogP contribution in [-0.2, 0) is 17.4 Å². The molecule has 0 aromatic heterocycles. The third kappa shape index (κ3) is 2.24. The van der Waals surface area contributed by atoms with Crippen molar-refractivity contribution in [3.05, 3.63) is 28.8 Å². The maximum absolute atomic E-state index is 5.52. The second-order valence-corrected chi connectivity index (χ2v) is 6.15. The zero-order valence-corrected chi connectivity index (χ0v) is 10.7. The predicted octanol–water partition coefficient (Wildman–Crippen LogP) is 3.17. The molecule has 1 unspecified atom stereocenters. The van der Waals surface area contributed by atoms with Crippen molar-refractivity contribution in [1.82, 2.24) is 0 Å². The Morgan fingerprint density at radius 3 is 2.67 bits per heavy atom. The molecule has 1 aromatic rings. The van der Waals surface area contributed by atoms with Gasteiger partial charge in [-0.25, -0.2) is 0 Å². The zero-order valence-electron chi connectivity index (χ0n) is 9.84. The molecule has 0 bridgehead atoms. The summed E-state index contributed by atoms with van der Waals surface area (Å²) in [7, 11) is 1.42. The first-order valence-electron chi connectivity index (χ1n) is 5.62. The van der Waals surface area contributed by atoms with E-state index in [4.69, 9.17) is 4.52 Å². The first-order valence-corrected chi connectivity index (χ1v) is 7.33. The molecule has 0 radical (unpaired) electrons. The molecule has 0 fully saturated rings. The summed E-state index contributed by atoms with van der Waals surface area (Å²) in [6.45, 7) is 4.40. The molecule has 15 heavy (non-hydrogen) atoms. The highest BCUT2D eigenvalue weighted by Gasteiger charge is 2.17. The lowest BCUT2D eigenvalue weighted by molar-refractivity contribution is 0.471. The molecule has 0 amide bonds. The second kappa shape index (κ2) is 4.63. The smallest absolute Gasteiger partial charge is 0.0570 e. The average molecular weight is 222 g/mol. The molecule has 1 atom stereocenters. The Kier molecular flexibility index (Phi) is 3.43. The van der Waals surface area contributed by atoms with Gasteiger partial charge in [-0.15, -0.1) is 0 Å². The normalized spacial score (nSPS) is 17.3. The van der Waals surface area contributed by atoms with Crippen molar-refractivity contribution in [3.8, 4) is 0 Å². The fourth-order valence-electron chi connectivity index (χ4n) is 2.38. The molecule has 1 aromatic carbocycles. The van der Waals surface area contributed by atoms with Crippen LogP contribution in [0.3, 0.4) is 0 Å². The summed E-state index contributed by atoms with van der Waals surface area (Å²) in [5, 5.41) is 1.47. The lowest BCUT2D eigenvalue weighted by Gasteiger charge is -2.23. The van der Waals surface area contributed by atoms with E-state index in [1.165, 1.54) is 36.6 Å². The monoisotopic (exact) mass is 222 g/mol. The van der Waals surface area contributed by atoms with Gasteiger partial charge in [-0.2, -0.15) is 0 Å². The third-order valence-electron chi connectivity index (χ3n) is 3.20. The Hall–Kier alpha value is -0.390. The molecule has 0 spiro atoms. The van der Waals surface area contributed by atoms with Gasteiger partial charge < -0.3 is 4.52 Å². The highest BCUT2D eigenvalue weighted by molar-refractivity contribution is 7.60. The summed E-state index contributed by atoms with van der Waals surface area (Å²) in [5.41, 5.74) is 4.54. The van der Waals surface area contributed by atoms with E-state index in [0.717, 1.165) is 0 Å². The highest BCUT2D eigenvalue weighted by atomic mass is 31.1. The number of fused-ring (bicyclic) bond motifs is 1. The minimum Gasteiger partial charge on any atom is -0.358 e. The summed E-state index contributed by atoms with van der Waals surface area (Å²) in [5.74, 6) is 0. The van der Waals surface area contributed by atoms with Crippen molar-refractivity contribution < 1.29 is 4.52 Å². The first-order chi connectivity index (χ1) is 7.22. The zero-order chi connectivity index (χ0) is 10.8. The van der Waals surface area contributed by atoms with Crippen molar-refractivity contribution in [3.63, 3.8) is 0 Å². The van der Waals surface area contributed by atoms with E-state index >= 15 is 0 Å². The SMILES string of the molecule is COP(C)c1cc(C)cc2c1CCCC2. The van der Waals surface area contributed by atoms with Crippen molar-refractivity contribution in [2.75, 3.05) is 13.8 Å². The van der Waals surface area contributed by atoms with Crippen molar-refractivity contribution in [2.45, 2.75) is 32.6 Å². The minimum absolute atomic E-state index is 0.404. The highest BCUT2D eigenvalue weighted by Crippen LogP contribution is 2.34. The maximum Gasteiger partial charge on any atom is 0.0570 e. The first kappa shape index (κ1) is 11.1. The van der Waals surface area contributed by atoms with Gasteiger partial charge in [0.05, 0.1) is 8.15 Å². The van der Waals surface area contributed by atoms with Gasteiger partial charge in [0, 0.05) is 12.4 Å². The van der Waals surface area contributed by atoms with Crippen molar-refractivity contribution in [1.29, 1.82) is 0 Å². The molecule has 0 saturated heterocycles. The van der Waals surface area contributed by atoms with Crippen LogP contribution < -0.4 is 5.30 Å². The number of aryl methyl sites for hydroxylation is 2. The molecule has 1 aliphatic rings. The van der Waals surface area contributed by atoms with Crippen LogP contribution in [-0.4, -0.2) is 13.8 Å². The van der Waals surface area contributed by atoms with E-state index in [1.54, 1.807) is 11.1 Å². The Morgan fingerprint density at radius 2 is 1.93 bits per heavy atom. The van der Waals surface area contributed by atoms with Crippen LogP contribution in [0.25, 0.3) is 0 Å². The van der Waals surface area contributed by atoms with Gasteiger partial charge in [0.2, 0.25) is 0 Å². The summed E-state index contributed by atoms with van der Waals surface area (Å²) in [6, 6.07) is 4.68. The van der Waals surface area contributed by atoms with E-state index in [9.17, 15) is 0 Å². The summed E-state index contributed by atoms with van der Waals surface area (Å²) < 4.78 is 5.52. The van der Waals surface area contributed by atoms with E-state index in [1.807, 2.05) is 7.11 Å². The topological polar surface area (TPSA) is 9.23 Å². The van der Waals surface area contributed by atoms with Crippen molar-refractivity contribution in [2.24, 2.45) is 0 Å². The maximum atomic E-state index is 5.52. The quantitative estimate of drug-likeness (QED) is 0.698. The van der Waals surface area contributed by atoms with E-state index in [0.29, 0.717) is 0 Å². The van der Waals surface area contributed by atoms with Crippen LogP contribution in [0.1, 0.15) is 29.5 Å². The molecule has 2 heteroatoms. The molecular formula is C13H19OP. The van der Waals surface area contributed by atoms with Crippen molar-refractivity contribution >= 4 is 13.5 Å². The van der Waals surface area contributed by atoms with Crippen LogP contribution in [0.2, 0.25) is 0 Å². The van der Waals surface area contributed by atoms with Gasteiger partial charge in [-0.3, -0.25) is 0 Å². The molecule has 2 rings (SSSR count). The Bertz CT molecular complexity index is 360. The molecule has 0 heterocycles. The molecule has 82 valence electrons. The molecule has 0 N–H and O–H groups in total. The summed E-state index contributed by atoms with van der Waals surface area (Å²) in [4.78, 5) is 0. The second-order valence-electron chi connectivity index (χ2n) is 4.31. The van der Waals surface area contributed by atoms with Crippen LogP contribution >= 0.6 is 8.15 Å². The van der Waals surface area contributed by atoms with Gasteiger partial charge in [0.15, 0.2) is 0 Å². The minimum atomic E-state index is -0.404. The summed E-state index contributed by atoms with van der Waals surface area (Å²) in [6.07, 6.45) is 5.21. The Balaban J connectivity index is 2.47. The number of hydrogen-bond acceptors (Lipinski definition) is 1. The van der Waals surface area contributed by atoms with E-state index in [2.05, 4.69) is 25.7 Å². The standard InChI is InChI=1S/C13H19OP/c1-10-8-11-6-4-5-7-12(11)13(9-10)15(3)14-2/h8-9H,4-7H2,1-3H3. The molecule has 1 aliphatic carbocycles. The Labute approximate surface area is 93.7 Å². The third-order valence-corrected chi connectivity index (χ3v) is 4.82.